The summed E-state index contributed by atoms with van der Waals surface area (Å²) in [5.41, 5.74) is 6.01. The van der Waals surface area contributed by atoms with E-state index in [9.17, 15) is 9.18 Å². The van der Waals surface area contributed by atoms with Gasteiger partial charge in [0.2, 0.25) is 0 Å². The van der Waals surface area contributed by atoms with Crippen LogP contribution in [0, 0.1) is 5.82 Å². The van der Waals surface area contributed by atoms with Crippen LogP contribution in [0.4, 0.5) is 4.39 Å². The second-order valence-corrected chi connectivity index (χ2v) is 2.89. The average Bonchev–Trinajstić information content (AvgIpc) is 2.27. The molecule has 82 valence electrons. The van der Waals surface area contributed by atoms with Gasteiger partial charge < -0.3 is 15.2 Å². The van der Waals surface area contributed by atoms with Crippen LogP contribution in [0.3, 0.4) is 0 Å². The Morgan fingerprint density at radius 1 is 1.47 bits per heavy atom. The number of hydrogen-bond donors (Lipinski definition) is 1. The van der Waals surface area contributed by atoms with Crippen molar-refractivity contribution in [3.8, 4) is 5.75 Å². The summed E-state index contributed by atoms with van der Waals surface area (Å²) in [7, 11) is 2.58. The molecule has 0 saturated heterocycles. The van der Waals surface area contributed by atoms with Crippen LogP contribution in [0.15, 0.2) is 18.2 Å². The molecule has 0 spiro atoms. The van der Waals surface area contributed by atoms with Gasteiger partial charge in [0.05, 0.1) is 14.2 Å². The molecule has 5 heteroatoms. The minimum atomic E-state index is -0.926. The van der Waals surface area contributed by atoms with Crippen LogP contribution in [-0.2, 0) is 9.53 Å². The fourth-order valence-electron chi connectivity index (χ4n) is 1.13. The number of nitrogens with two attached hydrogens (primary N) is 1. The maximum Gasteiger partial charge on any atom is 0.327 e. The number of carbonyl (C=O) groups excluding carboxylic acids is 1. The van der Waals surface area contributed by atoms with E-state index in [-0.39, 0.29) is 5.75 Å². The van der Waals surface area contributed by atoms with E-state index in [0.29, 0.717) is 5.56 Å². The van der Waals surface area contributed by atoms with Crippen molar-refractivity contribution in [2.45, 2.75) is 6.04 Å². The van der Waals surface area contributed by atoms with Crippen molar-refractivity contribution in [1.82, 2.24) is 0 Å². The second kappa shape index (κ2) is 4.75. The molecule has 2 N–H and O–H groups in total. The van der Waals surface area contributed by atoms with Crippen molar-refractivity contribution in [2.75, 3.05) is 14.2 Å². The monoisotopic (exact) mass is 213 g/mol. The number of ether oxygens (including phenoxy) is 2. The van der Waals surface area contributed by atoms with E-state index >= 15 is 0 Å². The Morgan fingerprint density at radius 2 is 2.13 bits per heavy atom. The van der Waals surface area contributed by atoms with Gasteiger partial charge in [-0.15, -0.1) is 0 Å². The summed E-state index contributed by atoms with van der Waals surface area (Å²) >= 11 is 0. The summed E-state index contributed by atoms with van der Waals surface area (Å²) in [6, 6.07) is 3.05. The lowest BCUT2D eigenvalue weighted by molar-refractivity contribution is -0.142. The fraction of sp³-hybridized carbons (Fsp3) is 0.300. The van der Waals surface area contributed by atoms with Crippen molar-refractivity contribution < 1.29 is 18.7 Å². The van der Waals surface area contributed by atoms with Gasteiger partial charge in [0.1, 0.15) is 6.04 Å². The average molecular weight is 213 g/mol. The number of esters is 1. The standard InChI is InChI=1S/C10H12FNO3/c1-14-8-5-6(3-4-7(8)11)9(12)10(13)15-2/h3-5,9H,12H2,1-2H3/t9-/m1/s1. The number of hydrogen-bond acceptors (Lipinski definition) is 4. The maximum absolute atomic E-state index is 13.0. The molecule has 0 fully saturated rings. The highest BCUT2D eigenvalue weighted by atomic mass is 19.1. The second-order valence-electron chi connectivity index (χ2n) is 2.89. The topological polar surface area (TPSA) is 61.5 Å². The van der Waals surface area contributed by atoms with Crippen LogP contribution >= 0.6 is 0 Å². The van der Waals surface area contributed by atoms with E-state index in [4.69, 9.17) is 10.5 Å². The number of benzene rings is 1. The van der Waals surface area contributed by atoms with E-state index < -0.39 is 17.8 Å². The molecule has 0 saturated carbocycles. The van der Waals surface area contributed by atoms with E-state index in [1.165, 1.54) is 32.4 Å². The molecule has 0 radical (unpaired) electrons. The largest absolute Gasteiger partial charge is 0.494 e. The maximum atomic E-state index is 13.0. The molecule has 0 amide bonds. The van der Waals surface area contributed by atoms with Crippen LogP contribution < -0.4 is 10.5 Å². The van der Waals surface area contributed by atoms with Gasteiger partial charge >= 0.3 is 5.97 Å². The molecule has 0 aliphatic carbocycles. The summed E-state index contributed by atoms with van der Waals surface area (Å²) in [6.45, 7) is 0. The highest BCUT2D eigenvalue weighted by Crippen LogP contribution is 2.21. The lowest BCUT2D eigenvalue weighted by atomic mass is 10.1. The minimum Gasteiger partial charge on any atom is -0.494 e. The number of carbonyl (C=O) groups is 1. The summed E-state index contributed by atoms with van der Waals surface area (Å²) in [5, 5.41) is 0. The molecular weight excluding hydrogens is 201 g/mol. The fourth-order valence-corrected chi connectivity index (χ4v) is 1.13. The third kappa shape index (κ3) is 2.44. The Morgan fingerprint density at radius 3 is 2.67 bits per heavy atom. The molecule has 0 bridgehead atoms. The van der Waals surface area contributed by atoms with Crippen molar-refractivity contribution >= 4 is 5.97 Å². The first-order valence-electron chi connectivity index (χ1n) is 4.27. The van der Waals surface area contributed by atoms with Crippen LogP contribution in [0.2, 0.25) is 0 Å². The van der Waals surface area contributed by atoms with Gasteiger partial charge in [0.25, 0.3) is 0 Å². The van der Waals surface area contributed by atoms with Gasteiger partial charge in [0.15, 0.2) is 11.6 Å². The van der Waals surface area contributed by atoms with E-state index in [1.54, 1.807) is 0 Å². The summed E-state index contributed by atoms with van der Waals surface area (Å²) in [5.74, 6) is -1.03. The van der Waals surface area contributed by atoms with Crippen molar-refractivity contribution in [2.24, 2.45) is 5.73 Å². The number of halogens is 1. The Kier molecular flexibility index (Phi) is 3.62. The smallest absolute Gasteiger partial charge is 0.327 e. The molecule has 1 rings (SSSR count). The zero-order valence-corrected chi connectivity index (χ0v) is 8.49. The van der Waals surface area contributed by atoms with E-state index in [1.807, 2.05) is 0 Å². The zero-order valence-electron chi connectivity index (χ0n) is 8.49. The van der Waals surface area contributed by atoms with Gasteiger partial charge in [-0.2, -0.15) is 0 Å². The van der Waals surface area contributed by atoms with E-state index in [2.05, 4.69) is 4.74 Å². The first-order valence-corrected chi connectivity index (χ1v) is 4.27. The normalized spacial score (nSPS) is 12.0. The highest BCUT2D eigenvalue weighted by Gasteiger charge is 2.17. The van der Waals surface area contributed by atoms with Gasteiger partial charge in [0, 0.05) is 0 Å². The molecule has 1 atom stereocenters. The van der Waals surface area contributed by atoms with Gasteiger partial charge in [-0.3, -0.25) is 4.79 Å². The molecular formula is C10H12FNO3. The molecule has 15 heavy (non-hydrogen) atoms. The Labute approximate surface area is 86.8 Å². The van der Waals surface area contributed by atoms with Crippen LogP contribution in [0.25, 0.3) is 0 Å². The predicted octanol–water partition coefficient (Wildman–Crippen LogP) is 1.01. The molecule has 0 aliphatic heterocycles. The first kappa shape index (κ1) is 11.5. The summed E-state index contributed by atoms with van der Waals surface area (Å²) in [4.78, 5) is 11.1. The first-order chi connectivity index (χ1) is 7.10. The third-order valence-electron chi connectivity index (χ3n) is 1.99. The van der Waals surface area contributed by atoms with Gasteiger partial charge in [-0.1, -0.05) is 6.07 Å². The molecule has 0 aliphatic rings. The Bertz CT molecular complexity index is 368. The summed E-state index contributed by atoms with van der Waals surface area (Å²) in [6.07, 6.45) is 0. The van der Waals surface area contributed by atoms with E-state index in [0.717, 1.165) is 0 Å². The molecule has 1 aromatic carbocycles. The number of methoxy groups -OCH3 is 2. The lowest BCUT2D eigenvalue weighted by Crippen LogP contribution is -2.22. The van der Waals surface area contributed by atoms with Crippen LogP contribution in [0.5, 0.6) is 5.75 Å². The zero-order chi connectivity index (χ0) is 11.4. The Hall–Kier alpha value is -1.62. The summed E-state index contributed by atoms with van der Waals surface area (Å²) < 4.78 is 22.3. The molecule has 4 nitrogen and oxygen atoms in total. The van der Waals surface area contributed by atoms with Crippen LogP contribution in [-0.4, -0.2) is 20.2 Å². The highest BCUT2D eigenvalue weighted by molar-refractivity contribution is 5.77. The SMILES string of the molecule is COC(=O)[C@H](N)c1ccc(F)c(OC)c1. The molecule has 0 heterocycles. The van der Waals surface area contributed by atoms with Crippen molar-refractivity contribution in [3.63, 3.8) is 0 Å². The lowest BCUT2D eigenvalue weighted by Gasteiger charge is -2.11. The van der Waals surface area contributed by atoms with Crippen molar-refractivity contribution in [1.29, 1.82) is 0 Å². The third-order valence-corrected chi connectivity index (χ3v) is 1.99. The van der Waals surface area contributed by atoms with Crippen molar-refractivity contribution in [3.05, 3.63) is 29.6 Å². The van der Waals surface area contributed by atoms with Gasteiger partial charge in [-0.05, 0) is 17.7 Å². The van der Waals surface area contributed by atoms with Gasteiger partial charge in [-0.25, -0.2) is 4.39 Å². The quantitative estimate of drug-likeness (QED) is 0.761. The molecule has 1 aromatic rings. The predicted molar refractivity (Wildman–Crippen MR) is 51.9 cm³/mol. The van der Waals surface area contributed by atoms with Crippen LogP contribution in [0.1, 0.15) is 11.6 Å². The molecule has 0 unspecified atom stereocenters. The minimum absolute atomic E-state index is 0.0480. The Balaban J connectivity index is 3.00. The molecule has 0 aromatic heterocycles. The number of rotatable bonds is 3.